The zero-order valence-corrected chi connectivity index (χ0v) is 11.2. The SMILES string of the molecule is CCOC(=O)c1cc(S)c(Cl)c(I)c1. The van der Waals surface area contributed by atoms with Crippen molar-refractivity contribution in [2.24, 2.45) is 0 Å². The van der Waals surface area contributed by atoms with Crippen LogP contribution in [0.25, 0.3) is 0 Å². The van der Waals surface area contributed by atoms with Crippen molar-refractivity contribution in [3.63, 3.8) is 0 Å². The lowest BCUT2D eigenvalue weighted by Gasteiger charge is -2.05. The number of carbonyl (C=O) groups excluding carboxylic acids is 1. The number of ether oxygens (including phenoxy) is 1. The molecule has 14 heavy (non-hydrogen) atoms. The van der Waals surface area contributed by atoms with Crippen LogP contribution in [0.1, 0.15) is 17.3 Å². The minimum absolute atomic E-state index is 0.350. The van der Waals surface area contributed by atoms with Crippen LogP contribution in [0.15, 0.2) is 17.0 Å². The lowest BCUT2D eigenvalue weighted by Crippen LogP contribution is -2.05. The van der Waals surface area contributed by atoms with E-state index < -0.39 is 0 Å². The van der Waals surface area contributed by atoms with Crippen LogP contribution in [0, 0.1) is 3.57 Å². The number of carbonyl (C=O) groups is 1. The lowest BCUT2D eigenvalue weighted by atomic mass is 10.2. The molecule has 0 aromatic heterocycles. The largest absolute Gasteiger partial charge is 0.462 e. The highest BCUT2D eigenvalue weighted by Gasteiger charge is 2.11. The van der Waals surface area contributed by atoms with Gasteiger partial charge < -0.3 is 4.74 Å². The fourth-order valence-electron chi connectivity index (χ4n) is 0.907. The van der Waals surface area contributed by atoms with Gasteiger partial charge in [-0.2, -0.15) is 0 Å². The van der Waals surface area contributed by atoms with Crippen molar-refractivity contribution in [1.29, 1.82) is 0 Å². The van der Waals surface area contributed by atoms with E-state index >= 15 is 0 Å². The second-order valence-electron chi connectivity index (χ2n) is 2.51. The molecular weight excluding hydrogens is 335 g/mol. The van der Waals surface area contributed by atoms with Gasteiger partial charge in [0.25, 0.3) is 0 Å². The molecule has 0 saturated heterocycles. The summed E-state index contributed by atoms with van der Waals surface area (Å²) in [7, 11) is 0. The first-order valence-corrected chi connectivity index (χ1v) is 5.81. The molecule has 2 nitrogen and oxygen atoms in total. The third-order valence-corrected chi connectivity index (χ3v) is 3.58. The van der Waals surface area contributed by atoms with Crippen molar-refractivity contribution in [2.75, 3.05) is 6.61 Å². The highest BCUT2D eigenvalue weighted by Crippen LogP contribution is 2.27. The normalized spacial score (nSPS) is 10.0. The van der Waals surface area contributed by atoms with Crippen LogP contribution < -0.4 is 0 Å². The minimum atomic E-state index is -0.350. The molecule has 0 saturated carbocycles. The van der Waals surface area contributed by atoms with E-state index in [1.807, 2.05) is 22.6 Å². The molecule has 1 aromatic carbocycles. The first-order valence-electron chi connectivity index (χ1n) is 3.91. The van der Waals surface area contributed by atoms with E-state index in [0.29, 0.717) is 22.1 Å². The van der Waals surface area contributed by atoms with E-state index in [-0.39, 0.29) is 5.97 Å². The Morgan fingerprint density at radius 1 is 1.64 bits per heavy atom. The average molecular weight is 343 g/mol. The highest BCUT2D eigenvalue weighted by molar-refractivity contribution is 14.1. The predicted molar refractivity (Wildman–Crippen MR) is 67.4 cm³/mol. The zero-order chi connectivity index (χ0) is 10.7. The maximum Gasteiger partial charge on any atom is 0.338 e. The van der Waals surface area contributed by atoms with E-state index in [1.165, 1.54) is 0 Å². The predicted octanol–water partition coefficient (Wildman–Crippen LogP) is 3.41. The molecule has 0 aliphatic heterocycles. The summed E-state index contributed by atoms with van der Waals surface area (Å²) in [6.07, 6.45) is 0. The lowest BCUT2D eigenvalue weighted by molar-refractivity contribution is 0.0526. The van der Waals surface area contributed by atoms with Crippen LogP contribution in [-0.2, 0) is 4.74 Å². The molecule has 0 atom stereocenters. The fraction of sp³-hybridized carbons (Fsp3) is 0.222. The van der Waals surface area contributed by atoms with Gasteiger partial charge in [0.05, 0.1) is 17.2 Å². The molecule has 1 aromatic rings. The Bertz CT molecular complexity index is 345. The molecule has 0 aliphatic rings. The zero-order valence-electron chi connectivity index (χ0n) is 7.38. The maximum absolute atomic E-state index is 11.4. The Hall–Kier alpha value is 0.0600. The molecule has 76 valence electrons. The first kappa shape index (κ1) is 12.1. The van der Waals surface area contributed by atoms with Gasteiger partial charge in [0, 0.05) is 8.47 Å². The highest BCUT2D eigenvalue weighted by atomic mass is 127. The molecule has 0 amide bonds. The number of rotatable bonds is 2. The van der Waals surface area contributed by atoms with E-state index in [2.05, 4.69) is 12.6 Å². The molecule has 5 heteroatoms. The number of halogens is 2. The fourth-order valence-corrected chi connectivity index (χ4v) is 2.11. The van der Waals surface area contributed by atoms with Crippen LogP contribution >= 0.6 is 46.8 Å². The maximum atomic E-state index is 11.4. The Morgan fingerprint density at radius 2 is 2.29 bits per heavy atom. The summed E-state index contributed by atoms with van der Waals surface area (Å²) in [6, 6.07) is 3.28. The van der Waals surface area contributed by atoms with Gasteiger partial charge in [-0.1, -0.05) is 11.6 Å². The molecule has 0 radical (unpaired) electrons. The van der Waals surface area contributed by atoms with E-state index in [1.54, 1.807) is 19.1 Å². The second-order valence-corrected chi connectivity index (χ2v) is 4.53. The van der Waals surface area contributed by atoms with Crippen molar-refractivity contribution < 1.29 is 9.53 Å². The number of hydrogen-bond acceptors (Lipinski definition) is 3. The number of benzene rings is 1. The molecule has 0 fully saturated rings. The summed E-state index contributed by atoms with van der Waals surface area (Å²) in [4.78, 5) is 11.9. The van der Waals surface area contributed by atoms with Gasteiger partial charge in [-0.05, 0) is 41.6 Å². The van der Waals surface area contributed by atoms with E-state index in [9.17, 15) is 4.79 Å². The van der Waals surface area contributed by atoms with Crippen molar-refractivity contribution in [3.8, 4) is 0 Å². The topological polar surface area (TPSA) is 26.3 Å². The third-order valence-electron chi connectivity index (χ3n) is 1.52. The van der Waals surface area contributed by atoms with Gasteiger partial charge in [-0.3, -0.25) is 0 Å². The van der Waals surface area contributed by atoms with Crippen LogP contribution in [0.2, 0.25) is 5.02 Å². The number of thiol groups is 1. The summed E-state index contributed by atoms with van der Waals surface area (Å²) in [5.74, 6) is -0.350. The van der Waals surface area contributed by atoms with Crippen molar-refractivity contribution in [3.05, 3.63) is 26.3 Å². The van der Waals surface area contributed by atoms with Crippen molar-refractivity contribution in [2.45, 2.75) is 11.8 Å². The van der Waals surface area contributed by atoms with Gasteiger partial charge in [0.15, 0.2) is 0 Å². The Kier molecular flexibility index (Phi) is 4.53. The van der Waals surface area contributed by atoms with Crippen LogP contribution in [-0.4, -0.2) is 12.6 Å². The summed E-state index contributed by atoms with van der Waals surface area (Å²) in [5.41, 5.74) is 0.477. The molecule has 0 N–H and O–H groups in total. The Labute approximate surface area is 107 Å². The van der Waals surface area contributed by atoms with Crippen LogP contribution in [0.4, 0.5) is 0 Å². The van der Waals surface area contributed by atoms with Gasteiger partial charge in [0.1, 0.15) is 0 Å². The summed E-state index contributed by atoms with van der Waals surface area (Å²) < 4.78 is 5.65. The van der Waals surface area contributed by atoms with Crippen molar-refractivity contribution >= 4 is 52.8 Å². The summed E-state index contributed by atoms with van der Waals surface area (Å²) >= 11 is 12.1. The number of hydrogen-bond donors (Lipinski definition) is 1. The first-order chi connectivity index (χ1) is 6.56. The smallest absolute Gasteiger partial charge is 0.338 e. The molecule has 0 aliphatic carbocycles. The quantitative estimate of drug-likeness (QED) is 0.506. The summed E-state index contributed by atoms with van der Waals surface area (Å²) in [6.45, 7) is 2.13. The Morgan fingerprint density at radius 3 is 2.79 bits per heavy atom. The average Bonchev–Trinajstić information content (AvgIpc) is 2.13. The molecule has 0 heterocycles. The van der Waals surface area contributed by atoms with Gasteiger partial charge in [-0.25, -0.2) is 4.79 Å². The van der Waals surface area contributed by atoms with E-state index in [4.69, 9.17) is 16.3 Å². The number of esters is 1. The Balaban J connectivity index is 3.06. The van der Waals surface area contributed by atoms with Gasteiger partial charge >= 0.3 is 5.97 Å². The third kappa shape index (κ3) is 2.77. The summed E-state index contributed by atoms with van der Waals surface area (Å²) in [5, 5.41) is 0.557. The molecular formula is C9H8ClIO2S. The molecule has 0 bridgehead atoms. The van der Waals surface area contributed by atoms with Crippen LogP contribution in [0.3, 0.4) is 0 Å². The molecule has 1 rings (SSSR count). The van der Waals surface area contributed by atoms with Gasteiger partial charge in [-0.15, -0.1) is 12.6 Å². The second kappa shape index (κ2) is 5.23. The van der Waals surface area contributed by atoms with Gasteiger partial charge in [0.2, 0.25) is 0 Å². The van der Waals surface area contributed by atoms with Crippen molar-refractivity contribution in [1.82, 2.24) is 0 Å². The van der Waals surface area contributed by atoms with Crippen LogP contribution in [0.5, 0.6) is 0 Å². The minimum Gasteiger partial charge on any atom is -0.462 e. The standard InChI is InChI=1S/C9H8ClIO2S/c1-2-13-9(12)5-3-6(11)8(10)7(14)4-5/h3-4,14H,2H2,1H3. The van der Waals surface area contributed by atoms with E-state index in [0.717, 1.165) is 3.57 Å². The molecule has 0 unspecified atom stereocenters. The monoisotopic (exact) mass is 342 g/mol. The molecule has 0 spiro atoms.